The molecule has 0 amide bonds. The van der Waals surface area contributed by atoms with Crippen LogP contribution in [0.4, 0.5) is 11.4 Å². The van der Waals surface area contributed by atoms with Crippen LogP contribution in [0.25, 0.3) is 0 Å². The second-order valence-corrected chi connectivity index (χ2v) is 4.21. The zero-order chi connectivity index (χ0) is 15.2. The smallest absolute Gasteiger partial charge is 0.337 e. The summed E-state index contributed by atoms with van der Waals surface area (Å²) in [5, 5.41) is 14.0. The van der Waals surface area contributed by atoms with Crippen molar-refractivity contribution in [1.29, 1.82) is 0 Å². The average molecular weight is 290 g/mol. The largest absolute Gasteiger partial charge is 0.465 e. The molecule has 0 fully saturated rings. The fourth-order valence-corrected chi connectivity index (χ4v) is 1.82. The van der Waals surface area contributed by atoms with Crippen molar-refractivity contribution in [1.82, 2.24) is 9.55 Å². The number of nitrogens with one attached hydrogen (secondary N) is 1. The standard InChI is InChI=1S/C13H14N4O4/c1-21-13(18)10-2-3-12(17(19)20)11(8-10)15-5-7-16-6-4-14-9-16/h2-4,6,8-9,15H,5,7H2,1H3. The minimum Gasteiger partial charge on any atom is -0.465 e. The molecular weight excluding hydrogens is 276 g/mol. The monoisotopic (exact) mass is 290 g/mol. The number of nitrogens with zero attached hydrogens (tertiary/aromatic N) is 3. The number of aromatic nitrogens is 2. The van der Waals surface area contributed by atoms with Crippen molar-refractivity contribution in [3.8, 4) is 0 Å². The first-order valence-corrected chi connectivity index (χ1v) is 6.18. The van der Waals surface area contributed by atoms with Crippen LogP contribution in [0.15, 0.2) is 36.9 Å². The number of benzene rings is 1. The Morgan fingerprint density at radius 2 is 2.33 bits per heavy atom. The summed E-state index contributed by atoms with van der Waals surface area (Å²) in [6.07, 6.45) is 5.10. The van der Waals surface area contributed by atoms with Crippen molar-refractivity contribution in [3.63, 3.8) is 0 Å². The van der Waals surface area contributed by atoms with Gasteiger partial charge in [0.05, 0.1) is 23.9 Å². The van der Waals surface area contributed by atoms with Gasteiger partial charge in [0.2, 0.25) is 0 Å². The number of carbonyl (C=O) groups excluding carboxylic acids is 1. The van der Waals surface area contributed by atoms with E-state index in [0.717, 1.165) is 0 Å². The summed E-state index contributed by atoms with van der Waals surface area (Å²) < 4.78 is 6.44. The maximum absolute atomic E-state index is 11.5. The van der Waals surface area contributed by atoms with Gasteiger partial charge in [-0.05, 0) is 12.1 Å². The molecule has 1 aromatic carbocycles. The quantitative estimate of drug-likeness (QED) is 0.493. The zero-order valence-corrected chi connectivity index (χ0v) is 11.4. The van der Waals surface area contributed by atoms with E-state index in [2.05, 4.69) is 15.0 Å². The predicted molar refractivity (Wildman–Crippen MR) is 75.2 cm³/mol. The SMILES string of the molecule is COC(=O)c1ccc([N+](=O)[O-])c(NCCn2ccnc2)c1. The van der Waals surface area contributed by atoms with E-state index in [0.29, 0.717) is 13.1 Å². The van der Waals surface area contributed by atoms with Crippen LogP contribution >= 0.6 is 0 Å². The Morgan fingerprint density at radius 1 is 1.52 bits per heavy atom. The number of nitro benzene ring substituents is 1. The number of hydrogen-bond donors (Lipinski definition) is 1. The Kier molecular flexibility index (Phi) is 4.50. The first-order chi connectivity index (χ1) is 10.1. The van der Waals surface area contributed by atoms with Gasteiger partial charge < -0.3 is 14.6 Å². The highest BCUT2D eigenvalue weighted by Crippen LogP contribution is 2.25. The van der Waals surface area contributed by atoms with Crippen molar-refractivity contribution >= 4 is 17.3 Å². The summed E-state index contributed by atoms with van der Waals surface area (Å²) >= 11 is 0. The molecule has 0 bridgehead atoms. The highest BCUT2D eigenvalue weighted by atomic mass is 16.6. The Morgan fingerprint density at radius 3 is 2.95 bits per heavy atom. The van der Waals surface area contributed by atoms with E-state index in [4.69, 9.17) is 0 Å². The highest BCUT2D eigenvalue weighted by molar-refractivity contribution is 5.91. The number of carbonyl (C=O) groups is 1. The predicted octanol–water partition coefficient (Wildman–Crippen LogP) is 1.69. The normalized spacial score (nSPS) is 10.1. The van der Waals surface area contributed by atoms with Crippen molar-refractivity contribution in [3.05, 3.63) is 52.6 Å². The summed E-state index contributed by atoms with van der Waals surface area (Å²) in [5.41, 5.74) is 0.449. The summed E-state index contributed by atoms with van der Waals surface area (Å²) in [6.45, 7) is 1.06. The van der Waals surface area contributed by atoms with Gasteiger partial charge in [0.15, 0.2) is 0 Å². The number of anilines is 1. The van der Waals surface area contributed by atoms with Crippen molar-refractivity contribution in [2.75, 3.05) is 19.0 Å². The van der Waals surface area contributed by atoms with Gasteiger partial charge in [0, 0.05) is 31.5 Å². The van der Waals surface area contributed by atoms with Crippen LogP contribution in [-0.4, -0.2) is 34.1 Å². The number of ether oxygens (including phenoxy) is 1. The van der Waals surface area contributed by atoms with E-state index in [1.54, 1.807) is 18.7 Å². The number of esters is 1. The van der Waals surface area contributed by atoms with E-state index in [1.165, 1.54) is 25.3 Å². The maximum Gasteiger partial charge on any atom is 0.337 e. The lowest BCUT2D eigenvalue weighted by molar-refractivity contribution is -0.384. The van der Waals surface area contributed by atoms with Gasteiger partial charge in [-0.3, -0.25) is 10.1 Å². The lowest BCUT2D eigenvalue weighted by Crippen LogP contribution is -2.11. The van der Waals surface area contributed by atoms with Crippen LogP contribution in [0.2, 0.25) is 0 Å². The minimum absolute atomic E-state index is 0.0896. The Hall–Kier alpha value is -2.90. The van der Waals surface area contributed by atoms with Crippen LogP contribution in [0.5, 0.6) is 0 Å². The molecule has 0 radical (unpaired) electrons. The Bertz CT molecular complexity index is 640. The zero-order valence-electron chi connectivity index (χ0n) is 11.4. The molecule has 0 spiro atoms. The van der Waals surface area contributed by atoms with Gasteiger partial charge in [0.25, 0.3) is 5.69 Å². The summed E-state index contributed by atoms with van der Waals surface area (Å²) in [7, 11) is 1.26. The van der Waals surface area contributed by atoms with E-state index >= 15 is 0 Å². The summed E-state index contributed by atoms with van der Waals surface area (Å²) in [6, 6.07) is 4.06. The van der Waals surface area contributed by atoms with Gasteiger partial charge in [-0.2, -0.15) is 0 Å². The average Bonchev–Trinajstić information content (AvgIpc) is 2.99. The van der Waals surface area contributed by atoms with Gasteiger partial charge >= 0.3 is 5.97 Å². The number of nitro groups is 1. The third kappa shape index (κ3) is 3.56. The Balaban J connectivity index is 2.14. The highest BCUT2D eigenvalue weighted by Gasteiger charge is 2.16. The number of rotatable bonds is 6. The minimum atomic E-state index is -0.539. The molecule has 0 aliphatic carbocycles. The van der Waals surface area contributed by atoms with Crippen LogP contribution < -0.4 is 5.32 Å². The van der Waals surface area contributed by atoms with Crippen molar-refractivity contribution in [2.45, 2.75) is 6.54 Å². The summed E-state index contributed by atoms with van der Waals surface area (Å²) in [5.74, 6) is -0.539. The fraction of sp³-hybridized carbons (Fsp3) is 0.231. The molecule has 0 unspecified atom stereocenters. The van der Waals surface area contributed by atoms with Gasteiger partial charge in [-0.15, -0.1) is 0 Å². The molecule has 0 atom stereocenters. The molecule has 0 aliphatic heterocycles. The number of methoxy groups -OCH3 is 1. The molecule has 2 aromatic rings. The molecule has 8 nitrogen and oxygen atoms in total. The van der Waals surface area contributed by atoms with Gasteiger partial charge in [-0.1, -0.05) is 0 Å². The molecular formula is C13H14N4O4. The molecule has 8 heteroatoms. The van der Waals surface area contributed by atoms with E-state index < -0.39 is 10.9 Å². The van der Waals surface area contributed by atoms with Crippen LogP contribution in [0.3, 0.4) is 0 Å². The van der Waals surface area contributed by atoms with Gasteiger partial charge in [0.1, 0.15) is 5.69 Å². The van der Waals surface area contributed by atoms with Crippen molar-refractivity contribution in [2.24, 2.45) is 0 Å². The molecule has 21 heavy (non-hydrogen) atoms. The summed E-state index contributed by atoms with van der Waals surface area (Å²) in [4.78, 5) is 25.9. The molecule has 2 rings (SSSR count). The van der Waals surface area contributed by atoms with E-state index in [9.17, 15) is 14.9 Å². The molecule has 0 aliphatic rings. The van der Waals surface area contributed by atoms with E-state index in [1.807, 2.05) is 4.57 Å². The van der Waals surface area contributed by atoms with Crippen molar-refractivity contribution < 1.29 is 14.5 Å². The molecule has 1 heterocycles. The lowest BCUT2D eigenvalue weighted by atomic mass is 10.1. The Labute approximate surface area is 120 Å². The van der Waals surface area contributed by atoms with Crippen LogP contribution in [-0.2, 0) is 11.3 Å². The van der Waals surface area contributed by atoms with E-state index in [-0.39, 0.29) is 16.9 Å². The first kappa shape index (κ1) is 14.5. The lowest BCUT2D eigenvalue weighted by Gasteiger charge is -2.09. The number of hydrogen-bond acceptors (Lipinski definition) is 6. The topological polar surface area (TPSA) is 99.3 Å². The maximum atomic E-state index is 11.5. The number of imidazole rings is 1. The third-order valence-electron chi connectivity index (χ3n) is 2.86. The molecule has 1 N–H and O–H groups in total. The molecule has 0 saturated heterocycles. The van der Waals surface area contributed by atoms with Crippen LogP contribution in [0, 0.1) is 10.1 Å². The second-order valence-electron chi connectivity index (χ2n) is 4.21. The second kappa shape index (κ2) is 6.51. The van der Waals surface area contributed by atoms with Crippen LogP contribution in [0.1, 0.15) is 10.4 Å². The fourth-order valence-electron chi connectivity index (χ4n) is 1.82. The third-order valence-corrected chi connectivity index (χ3v) is 2.86. The van der Waals surface area contributed by atoms with Gasteiger partial charge in [-0.25, -0.2) is 9.78 Å². The molecule has 110 valence electrons. The first-order valence-electron chi connectivity index (χ1n) is 6.18. The molecule has 0 saturated carbocycles. The molecule has 1 aromatic heterocycles.